The van der Waals surface area contributed by atoms with Crippen LogP contribution >= 0.6 is 0 Å². The molecule has 0 aromatic heterocycles. The molecule has 10 nitrogen and oxygen atoms in total. The van der Waals surface area contributed by atoms with Gasteiger partial charge in [0.05, 0.1) is 19.6 Å². The fraction of sp³-hybridized carbons (Fsp3) is 0.250. The number of likely N-dealkylation sites (N-methyl/N-ethyl adjacent to an activating group) is 1. The molecular formula is C24H23F3N3NaO7. The predicted octanol–water partition coefficient (Wildman–Crippen LogP) is 0.116. The van der Waals surface area contributed by atoms with Crippen LogP contribution in [0.3, 0.4) is 0 Å². The number of ether oxygens (including phenoxy) is 2. The molecule has 2 unspecified atom stereocenters. The normalized spacial score (nSPS) is 15.8. The largest absolute Gasteiger partial charge is 1.00 e. The van der Waals surface area contributed by atoms with E-state index in [-0.39, 0.29) is 47.7 Å². The maximum Gasteiger partial charge on any atom is 1.00 e. The van der Waals surface area contributed by atoms with E-state index < -0.39 is 54.3 Å². The molecule has 198 valence electrons. The quantitative estimate of drug-likeness (QED) is 0.317. The van der Waals surface area contributed by atoms with Gasteiger partial charge in [0.25, 0.3) is 5.91 Å². The van der Waals surface area contributed by atoms with Gasteiger partial charge in [-0.2, -0.15) is 0 Å². The molecule has 1 heterocycles. The molecule has 2 aromatic carbocycles. The summed E-state index contributed by atoms with van der Waals surface area (Å²) in [5.74, 6) is -2.91. The number of urea groups is 1. The molecule has 2 atom stereocenters. The molecule has 3 amide bonds. The van der Waals surface area contributed by atoms with E-state index in [2.05, 4.69) is 15.4 Å². The number of carboxylic acids is 1. The Balaban J connectivity index is 0.00000380. The minimum atomic E-state index is -5.01. The molecule has 3 N–H and O–H groups in total. The third-order valence-electron chi connectivity index (χ3n) is 5.31. The number of nitrogens with zero attached hydrogens (tertiary/aromatic N) is 1. The van der Waals surface area contributed by atoms with Crippen molar-refractivity contribution in [3.63, 3.8) is 0 Å². The van der Waals surface area contributed by atoms with E-state index in [9.17, 15) is 37.5 Å². The fourth-order valence-corrected chi connectivity index (χ4v) is 3.57. The van der Waals surface area contributed by atoms with E-state index in [1.807, 2.05) is 0 Å². The first kappa shape index (κ1) is 30.7. The van der Waals surface area contributed by atoms with Crippen LogP contribution < -0.4 is 49.7 Å². The summed E-state index contributed by atoms with van der Waals surface area (Å²) in [4.78, 5) is 49.5. The van der Waals surface area contributed by atoms with Gasteiger partial charge in [0, 0.05) is 24.9 Å². The second-order valence-corrected chi connectivity index (χ2v) is 7.90. The summed E-state index contributed by atoms with van der Waals surface area (Å²) in [6.07, 6.45) is -3.33. The number of halogens is 3. The third-order valence-corrected chi connectivity index (χ3v) is 5.31. The van der Waals surface area contributed by atoms with Gasteiger partial charge >= 0.3 is 47.9 Å². The standard InChI is InChI=1S/C24H22F3N3O7.Na.H/c1-30-9-8-18(31)21(22(30)34)29-23(35)28-17(12-20(32)33)14-6-7-19(37-24(25,26)27)16(11-14)13-4-3-5-15(10-13)36-2;;/h3-11,17,21H,12H2,1-2H3,(H,32,33)(H2,28,29,35);;/q;+1;-1. The van der Waals surface area contributed by atoms with Crippen LogP contribution in [0.1, 0.15) is 19.5 Å². The summed E-state index contributed by atoms with van der Waals surface area (Å²) < 4.78 is 48.4. The molecule has 0 saturated heterocycles. The van der Waals surface area contributed by atoms with Crippen LogP contribution in [0.2, 0.25) is 0 Å². The SMILES string of the molecule is COc1cccc(-c2cc(C(CC(=O)O)NC(=O)NC3C(=O)C=CN(C)C3=O)ccc2OC(F)(F)F)c1.[H-].[Na+]. The number of ketones is 1. The van der Waals surface area contributed by atoms with E-state index in [4.69, 9.17) is 4.74 Å². The predicted molar refractivity (Wildman–Crippen MR) is 124 cm³/mol. The summed E-state index contributed by atoms with van der Waals surface area (Å²) in [5, 5.41) is 13.9. The molecule has 0 radical (unpaired) electrons. The van der Waals surface area contributed by atoms with Crippen molar-refractivity contribution >= 4 is 23.7 Å². The van der Waals surface area contributed by atoms with Crippen molar-refractivity contribution in [2.45, 2.75) is 24.9 Å². The molecule has 0 spiro atoms. The van der Waals surface area contributed by atoms with Gasteiger partial charge in [-0.25, -0.2) is 4.79 Å². The monoisotopic (exact) mass is 545 g/mol. The minimum Gasteiger partial charge on any atom is -1.00 e. The topological polar surface area (TPSA) is 134 Å². The Kier molecular flexibility index (Phi) is 10.3. The second-order valence-electron chi connectivity index (χ2n) is 7.90. The summed E-state index contributed by atoms with van der Waals surface area (Å²) >= 11 is 0. The van der Waals surface area contributed by atoms with Crippen molar-refractivity contribution in [2.75, 3.05) is 14.2 Å². The number of carboxylic acid groups (broad SMARTS) is 1. The van der Waals surface area contributed by atoms with Gasteiger partial charge in [0.2, 0.25) is 0 Å². The van der Waals surface area contributed by atoms with E-state index in [1.54, 1.807) is 12.1 Å². The number of benzene rings is 2. The Labute approximate surface area is 238 Å². The first-order valence-corrected chi connectivity index (χ1v) is 10.7. The van der Waals surface area contributed by atoms with Gasteiger partial charge in [-0.15, -0.1) is 13.2 Å². The Hall–Kier alpha value is -3.55. The Morgan fingerprint density at radius 2 is 1.89 bits per heavy atom. The van der Waals surface area contributed by atoms with Gasteiger partial charge in [0.1, 0.15) is 11.5 Å². The second kappa shape index (κ2) is 12.8. The molecule has 0 bridgehead atoms. The van der Waals surface area contributed by atoms with Crippen LogP contribution in [-0.2, 0) is 14.4 Å². The van der Waals surface area contributed by atoms with Crippen molar-refractivity contribution in [1.82, 2.24) is 15.5 Å². The van der Waals surface area contributed by atoms with Crippen molar-refractivity contribution in [2.24, 2.45) is 0 Å². The van der Waals surface area contributed by atoms with Gasteiger partial charge in [-0.05, 0) is 35.4 Å². The van der Waals surface area contributed by atoms with Crippen LogP contribution in [0.5, 0.6) is 11.5 Å². The summed E-state index contributed by atoms with van der Waals surface area (Å²) in [5.41, 5.74) is 0.353. The van der Waals surface area contributed by atoms with Crippen LogP contribution in [0.4, 0.5) is 18.0 Å². The van der Waals surface area contributed by atoms with E-state index >= 15 is 0 Å². The number of hydrogen-bond donors (Lipinski definition) is 3. The summed E-state index contributed by atoms with van der Waals surface area (Å²) in [6, 6.07) is 5.71. The number of rotatable bonds is 8. The first-order valence-electron chi connectivity index (χ1n) is 10.7. The third kappa shape index (κ3) is 7.97. The molecule has 38 heavy (non-hydrogen) atoms. The number of hydrogen-bond acceptors (Lipinski definition) is 6. The van der Waals surface area contributed by atoms with E-state index in [1.165, 1.54) is 44.6 Å². The van der Waals surface area contributed by atoms with Crippen LogP contribution in [-0.4, -0.2) is 60.3 Å². The summed E-state index contributed by atoms with van der Waals surface area (Å²) in [6.45, 7) is 0. The maximum atomic E-state index is 13.0. The number of nitrogens with one attached hydrogen (secondary N) is 2. The number of methoxy groups -OCH3 is 1. The maximum absolute atomic E-state index is 13.0. The van der Waals surface area contributed by atoms with Gasteiger partial charge in [0.15, 0.2) is 11.8 Å². The first-order chi connectivity index (χ1) is 17.4. The molecule has 14 heteroatoms. The number of carbonyl (C=O) groups is 4. The molecule has 0 fully saturated rings. The molecule has 1 aliphatic heterocycles. The van der Waals surface area contributed by atoms with Crippen molar-refractivity contribution in [1.29, 1.82) is 0 Å². The average Bonchev–Trinajstić information content (AvgIpc) is 2.83. The molecule has 0 saturated carbocycles. The van der Waals surface area contributed by atoms with E-state index in [0.717, 1.165) is 17.0 Å². The van der Waals surface area contributed by atoms with Crippen LogP contribution in [0.25, 0.3) is 11.1 Å². The zero-order valence-electron chi connectivity index (χ0n) is 21.5. The summed E-state index contributed by atoms with van der Waals surface area (Å²) in [7, 11) is 2.76. The van der Waals surface area contributed by atoms with Gasteiger partial charge < -0.3 is 31.5 Å². The van der Waals surface area contributed by atoms with Crippen molar-refractivity contribution in [3.05, 3.63) is 60.3 Å². The Bertz CT molecular complexity index is 1260. The Morgan fingerprint density at radius 1 is 1.18 bits per heavy atom. The molecular weight excluding hydrogens is 522 g/mol. The molecule has 1 aliphatic rings. The Morgan fingerprint density at radius 3 is 2.53 bits per heavy atom. The average molecular weight is 545 g/mol. The molecule has 3 rings (SSSR count). The fourth-order valence-electron chi connectivity index (χ4n) is 3.57. The zero-order valence-corrected chi connectivity index (χ0v) is 22.5. The van der Waals surface area contributed by atoms with Crippen LogP contribution in [0.15, 0.2) is 54.7 Å². The number of aliphatic carboxylic acids is 1. The number of amides is 3. The van der Waals surface area contributed by atoms with Gasteiger partial charge in [-0.1, -0.05) is 18.2 Å². The number of carbonyl (C=O) groups excluding carboxylic acids is 3. The number of alkyl halides is 3. The molecule has 0 aliphatic carbocycles. The van der Waals surface area contributed by atoms with E-state index in [0.29, 0.717) is 5.75 Å². The van der Waals surface area contributed by atoms with Crippen molar-refractivity contribution < 1.29 is 77.9 Å². The van der Waals surface area contributed by atoms with Crippen molar-refractivity contribution in [3.8, 4) is 22.6 Å². The van der Waals surface area contributed by atoms with Crippen LogP contribution in [0, 0.1) is 0 Å². The van der Waals surface area contributed by atoms with Gasteiger partial charge in [-0.3, -0.25) is 14.4 Å². The smallest absolute Gasteiger partial charge is 1.00 e. The zero-order chi connectivity index (χ0) is 27.3. The molecule has 2 aromatic rings. The minimum absolute atomic E-state index is 0.